The maximum absolute atomic E-state index is 12.2. The van der Waals surface area contributed by atoms with E-state index in [1.54, 1.807) is 18.9 Å². The molecular weight excluding hydrogens is 490 g/mol. The number of amides is 1. The van der Waals surface area contributed by atoms with Crippen molar-refractivity contribution in [2.24, 2.45) is 0 Å². The van der Waals surface area contributed by atoms with E-state index < -0.39 is 0 Å². The summed E-state index contributed by atoms with van der Waals surface area (Å²) in [6.07, 6.45) is 0. The molecule has 0 aliphatic carbocycles. The van der Waals surface area contributed by atoms with E-state index in [0.29, 0.717) is 12.1 Å². The summed E-state index contributed by atoms with van der Waals surface area (Å²) in [5.74, 6) is 2.49. The van der Waals surface area contributed by atoms with Crippen molar-refractivity contribution in [3.63, 3.8) is 0 Å². The smallest absolute Gasteiger partial charge is 0.252 e. The van der Waals surface area contributed by atoms with Crippen molar-refractivity contribution in [3.05, 3.63) is 74.7 Å². The lowest BCUT2D eigenvalue weighted by molar-refractivity contribution is 0.0955. The number of hydrogen-bond acceptors (Lipinski definition) is 3. The normalized spacial score (nSPS) is 10.8. The van der Waals surface area contributed by atoms with Crippen LogP contribution in [0.3, 0.4) is 0 Å². The zero-order valence-electron chi connectivity index (χ0n) is 14.8. The molecule has 0 bridgehead atoms. The van der Waals surface area contributed by atoms with Gasteiger partial charge in [-0.3, -0.25) is 4.79 Å². The molecule has 0 radical (unpaired) electrons. The topological polar surface area (TPSA) is 38.3 Å². The number of hydrogen-bond donors (Lipinski definition) is 1. The first kappa shape index (κ1) is 20.2. The Morgan fingerprint density at radius 1 is 1.11 bits per heavy atom. The Bertz CT molecular complexity index is 962. The molecule has 27 heavy (non-hydrogen) atoms. The van der Waals surface area contributed by atoms with Gasteiger partial charge in [-0.05, 0) is 57.0 Å². The number of nitrogens with one attached hydrogen (secondary N) is 1. The van der Waals surface area contributed by atoms with Gasteiger partial charge in [0.2, 0.25) is 0 Å². The number of rotatable bonds is 7. The number of ether oxygens (including phenoxy) is 1. The number of benzene rings is 3. The van der Waals surface area contributed by atoms with E-state index in [1.165, 1.54) is 16.3 Å². The monoisotopic (exact) mass is 507 g/mol. The Balaban J connectivity index is 1.59. The van der Waals surface area contributed by atoms with Crippen molar-refractivity contribution in [2.75, 3.05) is 19.4 Å². The minimum Gasteiger partial charge on any atom is -0.496 e. The van der Waals surface area contributed by atoms with E-state index in [-0.39, 0.29) is 5.91 Å². The third kappa shape index (κ3) is 5.06. The van der Waals surface area contributed by atoms with Crippen LogP contribution in [0.2, 0.25) is 0 Å². The van der Waals surface area contributed by atoms with E-state index in [1.807, 2.05) is 36.4 Å². The summed E-state index contributed by atoms with van der Waals surface area (Å²) in [5.41, 5.74) is 1.84. The van der Waals surface area contributed by atoms with Gasteiger partial charge >= 0.3 is 0 Å². The van der Waals surface area contributed by atoms with Gasteiger partial charge in [0.05, 0.1) is 12.7 Å². The summed E-state index contributed by atoms with van der Waals surface area (Å²) in [7, 11) is 1.70. The van der Waals surface area contributed by atoms with Crippen molar-refractivity contribution in [1.82, 2.24) is 5.32 Å². The van der Waals surface area contributed by atoms with E-state index in [2.05, 4.69) is 55.4 Å². The molecule has 0 spiro atoms. The highest BCUT2D eigenvalue weighted by atomic mass is 79.9. The van der Waals surface area contributed by atoms with Crippen molar-refractivity contribution in [2.45, 2.75) is 5.75 Å². The lowest BCUT2D eigenvalue weighted by Crippen LogP contribution is -2.26. The fourth-order valence-corrected chi connectivity index (χ4v) is 4.57. The highest BCUT2D eigenvalue weighted by molar-refractivity contribution is 9.10. The van der Waals surface area contributed by atoms with Crippen LogP contribution in [0.1, 0.15) is 15.9 Å². The molecular formula is C21H19Br2NO2S. The first-order valence-electron chi connectivity index (χ1n) is 8.45. The summed E-state index contributed by atoms with van der Waals surface area (Å²) >= 11 is 8.71. The van der Waals surface area contributed by atoms with Gasteiger partial charge in [-0.15, -0.1) is 0 Å². The average molecular weight is 509 g/mol. The second-order valence-corrected chi connectivity index (χ2v) is 8.78. The van der Waals surface area contributed by atoms with E-state index in [9.17, 15) is 4.79 Å². The van der Waals surface area contributed by atoms with Crippen LogP contribution in [-0.4, -0.2) is 25.3 Å². The van der Waals surface area contributed by atoms with Crippen LogP contribution in [0.5, 0.6) is 5.75 Å². The Labute approximate surface area is 180 Å². The van der Waals surface area contributed by atoms with Crippen molar-refractivity contribution < 1.29 is 9.53 Å². The van der Waals surface area contributed by atoms with Crippen LogP contribution in [0.4, 0.5) is 0 Å². The molecule has 0 aliphatic heterocycles. The minimum atomic E-state index is -0.0596. The van der Waals surface area contributed by atoms with E-state index in [0.717, 1.165) is 26.2 Å². The number of thioether (sulfide) groups is 1. The number of halogens is 2. The zero-order chi connectivity index (χ0) is 19.2. The molecule has 1 amide bonds. The van der Waals surface area contributed by atoms with Gasteiger partial charge in [0.15, 0.2) is 0 Å². The van der Waals surface area contributed by atoms with Crippen LogP contribution >= 0.6 is 43.6 Å². The molecule has 0 aliphatic rings. The fourth-order valence-electron chi connectivity index (χ4n) is 2.84. The average Bonchev–Trinajstić information content (AvgIpc) is 2.67. The highest BCUT2D eigenvalue weighted by Gasteiger charge is 2.10. The first-order valence-corrected chi connectivity index (χ1v) is 11.2. The lowest BCUT2D eigenvalue weighted by atomic mass is 10.0. The van der Waals surface area contributed by atoms with Crippen molar-refractivity contribution in [1.29, 1.82) is 0 Å². The van der Waals surface area contributed by atoms with Crippen LogP contribution in [-0.2, 0) is 5.75 Å². The maximum Gasteiger partial charge on any atom is 0.252 e. The number of carbonyl (C=O) groups excluding carboxylic acids is 1. The molecule has 0 unspecified atom stereocenters. The summed E-state index contributed by atoms with van der Waals surface area (Å²) in [6, 6.07) is 17.8. The molecule has 0 saturated heterocycles. The first-order chi connectivity index (χ1) is 13.1. The summed E-state index contributed by atoms with van der Waals surface area (Å²) in [6.45, 7) is 0.615. The molecule has 3 aromatic carbocycles. The molecule has 3 nitrogen and oxygen atoms in total. The standard InChI is InChI=1S/C21H19Br2NO2S/c1-26-20-9-6-14-12-15(22)7-8-16(14)18(20)13-27-11-10-24-21(25)17-4-2-3-5-19(17)23/h2-9,12H,10-11,13H2,1H3,(H,24,25). The van der Waals surface area contributed by atoms with Gasteiger partial charge in [-0.2, -0.15) is 11.8 Å². The predicted octanol–water partition coefficient (Wildman–Crippen LogP) is 6.04. The molecule has 0 saturated carbocycles. The Morgan fingerprint density at radius 3 is 2.70 bits per heavy atom. The number of carbonyl (C=O) groups is 1. The van der Waals surface area contributed by atoms with Crippen LogP contribution in [0, 0.1) is 0 Å². The van der Waals surface area contributed by atoms with Gasteiger partial charge in [0.1, 0.15) is 5.75 Å². The molecule has 140 valence electrons. The molecule has 0 fully saturated rings. The SMILES string of the molecule is COc1ccc2cc(Br)ccc2c1CSCCNC(=O)c1ccccc1Br. The molecule has 3 aromatic rings. The molecule has 0 atom stereocenters. The fraction of sp³-hybridized carbons (Fsp3) is 0.190. The minimum absolute atomic E-state index is 0.0596. The van der Waals surface area contributed by atoms with Crippen molar-refractivity contribution >= 4 is 60.3 Å². The molecule has 6 heteroatoms. The highest BCUT2D eigenvalue weighted by Crippen LogP contribution is 2.32. The Hall–Kier alpha value is -1.50. The van der Waals surface area contributed by atoms with E-state index in [4.69, 9.17) is 4.74 Å². The van der Waals surface area contributed by atoms with Gasteiger partial charge in [0, 0.05) is 32.6 Å². The Morgan fingerprint density at radius 2 is 1.93 bits per heavy atom. The third-order valence-corrected chi connectivity index (χ3v) is 6.34. The van der Waals surface area contributed by atoms with Gasteiger partial charge in [-0.1, -0.05) is 40.2 Å². The third-order valence-electron chi connectivity index (χ3n) is 4.17. The van der Waals surface area contributed by atoms with Gasteiger partial charge in [-0.25, -0.2) is 0 Å². The second-order valence-electron chi connectivity index (χ2n) is 5.90. The largest absolute Gasteiger partial charge is 0.496 e. The summed E-state index contributed by atoms with van der Waals surface area (Å²) in [4.78, 5) is 12.2. The lowest BCUT2D eigenvalue weighted by Gasteiger charge is -2.12. The number of fused-ring (bicyclic) bond motifs is 1. The molecule has 0 heterocycles. The van der Waals surface area contributed by atoms with Crippen LogP contribution in [0.25, 0.3) is 10.8 Å². The molecule has 3 rings (SSSR count). The van der Waals surface area contributed by atoms with Crippen LogP contribution in [0.15, 0.2) is 63.5 Å². The zero-order valence-corrected chi connectivity index (χ0v) is 18.8. The molecule has 1 N–H and O–H groups in total. The maximum atomic E-state index is 12.2. The predicted molar refractivity (Wildman–Crippen MR) is 121 cm³/mol. The van der Waals surface area contributed by atoms with Crippen LogP contribution < -0.4 is 10.1 Å². The van der Waals surface area contributed by atoms with Crippen molar-refractivity contribution in [3.8, 4) is 5.75 Å². The number of methoxy groups -OCH3 is 1. The van der Waals surface area contributed by atoms with Gasteiger partial charge in [0.25, 0.3) is 5.91 Å². The summed E-state index contributed by atoms with van der Waals surface area (Å²) in [5, 5.41) is 5.35. The second kappa shape index (κ2) is 9.62. The summed E-state index contributed by atoms with van der Waals surface area (Å²) < 4.78 is 7.42. The Kier molecular flexibility index (Phi) is 7.21. The van der Waals surface area contributed by atoms with E-state index >= 15 is 0 Å². The quantitative estimate of drug-likeness (QED) is 0.395. The molecule has 0 aromatic heterocycles. The van der Waals surface area contributed by atoms with Gasteiger partial charge < -0.3 is 10.1 Å².